The quantitative estimate of drug-likeness (QED) is 0.725. The number of benzene rings is 1. The lowest BCUT2D eigenvalue weighted by atomic mass is 10.0. The van der Waals surface area contributed by atoms with Crippen molar-refractivity contribution in [3.8, 4) is 11.5 Å². The summed E-state index contributed by atoms with van der Waals surface area (Å²) < 4.78 is 10.6. The number of hydrogen-bond donors (Lipinski definition) is 2. The molecule has 8 heteroatoms. The largest absolute Gasteiger partial charge is 0.497 e. The molecule has 2 rings (SSSR count). The minimum absolute atomic E-state index is 0. The van der Waals surface area contributed by atoms with Crippen LogP contribution in [0, 0.1) is 0 Å². The molecule has 1 amide bonds. The van der Waals surface area contributed by atoms with Gasteiger partial charge >= 0.3 is 0 Å². The molecule has 1 atom stereocenters. The molecule has 1 aromatic carbocycles. The van der Waals surface area contributed by atoms with Gasteiger partial charge in [0.1, 0.15) is 11.5 Å². The molecule has 6 nitrogen and oxygen atoms in total. The van der Waals surface area contributed by atoms with Crippen LogP contribution in [-0.2, 0) is 4.79 Å². The number of likely N-dealkylation sites (tertiary alicyclic amines) is 1. The number of hydrogen-bond acceptors (Lipinski definition) is 5. The molecule has 150 valence electrons. The second-order valence-electron chi connectivity index (χ2n) is 6.42. The van der Waals surface area contributed by atoms with Crippen LogP contribution in [0.3, 0.4) is 0 Å². The first-order valence-corrected chi connectivity index (χ1v) is 8.54. The molecule has 0 aliphatic carbocycles. The summed E-state index contributed by atoms with van der Waals surface area (Å²) in [5.41, 5.74) is 6.70. The number of nitrogens with zero attached hydrogens (tertiary/aromatic N) is 1. The third kappa shape index (κ3) is 7.48. The number of amides is 1. The molecule has 1 aromatic rings. The SMILES string of the molecule is COc1cc(NC2CCN(C(=O)CCC(C)N)CC2)cc(OC)c1.Cl.Cl. The number of nitrogens with two attached hydrogens (primary N) is 1. The van der Waals surface area contributed by atoms with Gasteiger partial charge in [-0.1, -0.05) is 0 Å². The van der Waals surface area contributed by atoms with Crippen molar-refractivity contribution in [1.29, 1.82) is 0 Å². The Morgan fingerprint density at radius 1 is 1.19 bits per heavy atom. The minimum atomic E-state index is 0. The van der Waals surface area contributed by atoms with Crippen molar-refractivity contribution in [1.82, 2.24) is 4.90 Å². The smallest absolute Gasteiger partial charge is 0.222 e. The standard InChI is InChI=1S/C18H29N3O3.2ClH/c1-13(19)4-5-18(22)21-8-6-14(7-9-21)20-15-10-16(23-2)12-17(11-15)24-3;;/h10-14,20H,4-9,19H2,1-3H3;2*1H. The van der Waals surface area contributed by atoms with E-state index in [4.69, 9.17) is 15.2 Å². The second-order valence-corrected chi connectivity index (χ2v) is 6.42. The van der Waals surface area contributed by atoms with E-state index in [-0.39, 0.29) is 36.8 Å². The fraction of sp³-hybridized carbons (Fsp3) is 0.611. The number of anilines is 1. The highest BCUT2D eigenvalue weighted by atomic mass is 35.5. The van der Waals surface area contributed by atoms with Gasteiger partial charge in [0.2, 0.25) is 5.91 Å². The van der Waals surface area contributed by atoms with Crippen LogP contribution in [0.5, 0.6) is 11.5 Å². The van der Waals surface area contributed by atoms with Gasteiger partial charge in [0.05, 0.1) is 14.2 Å². The van der Waals surface area contributed by atoms with Crippen LogP contribution in [0.4, 0.5) is 5.69 Å². The Kier molecular flexibility index (Phi) is 11.5. The van der Waals surface area contributed by atoms with Crippen LogP contribution in [0.15, 0.2) is 18.2 Å². The summed E-state index contributed by atoms with van der Waals surface area (Å²) in [6.45, 7) is 3.51. The van der Waals surface area contributed by atoms with E-state index in [2.05, 4.69) is 5.32 Å². The van der Waals surface area contributed by atoms with Crippen LogP contribution in [0.2, 0.25) is 0 Å². The molecule has 0 radical (unpaired) electrons. The van der Waals surface area contributed by atoms with Crippen LogP contribution in [0.1, 0.15) is 32.6 Å². The predicted molar refractivity (Wildman–Crippen MR) is 110 cm³/mol. The molecule has 0 bridgehead atoms. The van der Waals surface area contributed by atoms with Crippen molar-refractivity contribution in [2.24, 2.45) is 5.73 Å². The normalized spacial score (nSPS) is 15.3. The van der Waals surface area contributed by atoms with E-state index in [1.54, 1.807) is 14.2 Å². The van der Waals surface area contributed by atoms with E-state index in [9.17, 15) is 4.79 Å². The van der Waals surface area contributed by atoms with Crippen LogP contribution >= 0.6 is 24.8 Å². The summed E-state index contributed by atoms with van der Waals surface area (Å²) in [6.07, 6.45) is 3.16. The molecule has 26 heavy (non-hydrogen) atoms. The molecule has 1 heterocycles. The van der Waals surface area contributed by atoms with E-state index in [1.807, 2.05) is 30.0 Å². The molecular weight excluding hydrogens is 377 g/mol. The number of carbonyl (C=O) groups is 1. The van der Waals surface area contributed by atoms with Gasteiger partial charge in [0.25, 0.3) is 0 Å². The Morgan fingerprint density at radius 3 is 2.19 bits per heavy atom. The number of piperidine rings is 1. The fourth-order valence-electron chi connectivity index (χ4n) is 2.91. The summed E-state index contributed by atoms with van der Waals surface area (Å²) in [6, 6.07) is 6.20. The van der Waals surface area contributed by atoms with E-state index in [0.717, 1.165) is 49.5 Å². The summed E-state index contributed by atoms with van der Waals surface area (Å²) in [5.74, 6) is 1.74. The number of methoxy groups -OCH3 is 2. The first kappa shape index (κ1) is 24.6. The zero-order valence-electron chi connectivity index (χ0n) is 15.7. The van der Waals surface area contributed by atoms with Crippen molar-refractivity contribution in [2.75, 3.05) is 32.6 Å². The fourth-order valence-corrected chi connectivity index (χ4v) is 2.91. The van der Waals surface area contributed by atoms with E-state index in [1.165, 1.54) is 0 Å². The van der Waals surface area contributed by atoms with Gasteiger partial charge in [0, 0.05) is 55.5 Å². The van der Waals surface area contributed by atoms with E-state index >= 15 is 0 Å². The third-order valence-corrected chi connectivity index (χ3v) is 4.38. The Labute approximate surface area is 168 Å². The van der Waals surface area contributed by atoms with E-state index < -0.39 is 0 Å². The molecule has 0 aromatic heterocycles. The maximum atomic E-state index is 12.2. The lowest BCUT2D eigenvalue weighted by Crippen LogP contribution is -2.42. The van der Waals surface area contributed by atoms with Gasteiger partial charge in [0.15, 0.2) is 0 Å². The van der Waals surface area contributed by atoms with Crippen LogP contribution in [-0.4, -0.2) is 50.2 Å². The number of nitrogens with one attached hydrogen (secondary N) is 1. The van der Waals surface area contributed by atoms with Gasteiger partial charge < -0.3 is 25.4 Å². The molecule has 1 saturated heterocycles. The lowest BCUT2D eigenvalue weighted by molar-refractivity contribution is -0.132. The van der Waals surface area contributed by atoms with Crippen molar-refractivity contribution >= 4 is 36.4 Å². The van der Waals surface area contributed by atoms with Gasteiger partial charge in [-0.25, -0.2) is 0 Å². The first-order valence-electron chi connectivity index (χ1n) is 8.54. The Morgan fingerprint density at radius 2 is 1.73 bits per heavy atom. The third-order valence-electron chi connectivity index (χ3n) is 4.38. The topological polar surface area (TPSA) is 76.8 Å². The van der Waals surface area contributed by atoms with Crippen molar-refractivity contribution in [3.63, 3.8) is 0 Å². The maximum Gasteiger partial charge on any atom is 0.222 e. The number of rotatable bonds is 7. The highest BCUT2D eigenvalue weighted by molar-refractivity contribution is 5.85. The van der Waals surface area contributed by atoms with Crippen molar-refractivity contribution in [2.45, 2.75) is 44.7 Å². The highest BCUT2D eigenvalue weighted by Gasteiger charge is 2.22. The number of carbonyl (C=O) groups excluding carboxylic acids is 1. The first-order chi connectivity index (χ1) is 11.5. The van der Waals surface area contributed by atoms with Gasteiger partial charge in [-0.05, 0) is 26.2 Å². The molecule has 1 unspecified atom stereocenters. The van der Waals surface area contributed by atoms with Crippen molar-refractivity contribution in [3.05, 3.63) is 18.2 Å². The summed E-state index contributed by atoms with van der Waals surface area (Å²) >= 11 is 0. The molecule has 1 aliphatic heterocycles. The van der Waals surface area contributed by atoms with Crippen LogP contribution < -0.4 is 20.5 Å². The average Bonchev–Trinajstić information content (AvgIpc) is 2.59. The Hall–Kier alpha value is -1.37. The van der Waals surface area contributed by atoms with Crippen molar-refractivity contribution < 1.29 is 14.3 Å². The van der Waals surface area contributed by atoms with Gasteiger partial charge in [-0.3, -0.25) is 4.79 Å². The molecule has 3 N–H and O–H groups in total. The zero-order valence-corrected chi connectivity index (χ0v) is 17.3. The van der Waals surface area contributed by atoms with E-state index in [0.29, 0.717) is 12.5 Å². The predicted octanol–water partition coefficient (Wildman–Crippen LogP) is 3.08. The monoisotopic (exact) mass is 407 g/mol. The Balaban J connectivity index is 0.00000312. The van der Waals surface area contributed by atoms with Gasteiger partial charge in [-0.2, -0.15) is 0 Å². The molecule has 1 aliphatic rings. The zero-order chi connectivity index (χ0) is 17.5. The molecule has 0 saturated carbocycles. The second kappa shape index (κ2) is 12.1. The lowest BCUT2D eigenvalue weighted by Gasteiger charge is -2.33. The summed E-state index contributed by atoms with van der Waals surface area (Å²) in [4.78, 5) is 14.1. The minimum Gasteiger partial charge on any atom is -0.497 e. The number of halogens is 2. The summed E-state index contributed by atoms with van der Waals surface area (Å²) in [5, 5.41) is 3.52. The molecule has 1 fully saturated rings. The highest BCUT2D eigenvalue weighted by Crippen LogP contribution is 2.27. The Bertz CT molecular complexity index is 528. The molecule has 0 spiro atoms. The summed E-state index contributed by atoms with van der Waals surface area (Å²) in [7, 11) is 3.29. The van der Waals surface area contributed by atoms with Gasteiger partial charge in [-0.15, -0.1) is 24.8 Å². The average molecular weight is 408 g/mol. The number of ether oxygens (including phenoxy) is 2. The maximum absolute atomic E-state index is 12.2. The molecular formula is C18H31Cl2N3O3. The van der Waals surface area contributed by atoms with Crippen LogP contribution in [0.25, 0.3) is 0 Å².